The molecule has 1 unspecified atom stereocenters. The van der Waals surface area contributed by atoms with Crippen LogP contribution in [0.25, 0.3) is 0 Å². The number of methoxy groups -OCH3 is 1. The van der Waals surface area contributed by atoms with Crippen molar-refractivity contribution in [2.24, 2.45) is 35.5 Å². The summed E-state index contributed by atoms with van der Waals surface area (Å²) in [5.74, 6) is 0.159. The Morgan fingerprint density at radius 1 is 0.388 bits per heavy atom. The molecule has 0 saturated carbocycles. The standard InChI is InChI=1S/C22H32O2.C21H28O4.C20H26O4.C20H28O2.C19H26O2.C17H22O2.C5H13B.C2H5B.CH2B.V/c1-6-7-8-9-17-13-20(23)22(21(14-17)24-5)19-12-16(4)10-11-18(19)15(2)3;1-5-6-7-14-11-17(22)19(20(23)18(14)21(24)25)16-10-13(4)8-9-15(16)12(2)3;1-5-6-13-10-16(21)18(19(22)17(13)20(23)24)15-9-12(4)7-8-14(15)11(2)3;1-5-6-7-15-11-18(21)20(19(22)12-15)17-10-14(4)8-9-16(17)13(2)3;1-5-6-14-10-17(20)19(18(21)11-14)16-9-13(4)7-8-15(16)12(2)3;1-10(2)13-6-5-11(3)7-14(13)17-15(18)8-12(4)9-16(17)19;1-5(2)6(3)4;1-2-3;1-2;/h12-14,18-19,23H,2,6-11H2,1,3-5H3;10-11,15-16,22-23H,2,5-9H2,1,3-4H3,(H,24,25);9-10,14-15,21-22H,2,5-8H2,1,3-4H3,(H,23,24);10-12,16-17,21-22H,2,5-9H2,1,3-4H3;9-11,15-16,20-21H,2,5-8H2,1,3-4H3;7-9,13-14,18-19H,1,5-6H2,2-4H3;5H,1-4H3;2H2,1H3;1H2;/q;;;;;;;;-1;/t18-,19+;15-,16+;14-,15+;16-,17+;15-,16+;13-,14+;;;;/m000000..../s1/i;;;;;;5D;2D;1D;. The van der Waals surface area contributed by atoms with Gasteiger partial charge in [-0.1, -0.05) is 262 Å². The van der Waals surface area contributed by atoms with E-state index >= 15 is 0 Å². The van der Waals surface area contributed by atoms with Crippen LogP contribution in [-0.2, 0) is 50.7 Å². The molecule has 0 amide bonds. The van der Waals surface area contributed by atoms with E-state index in [2.05, 4.69) is 147 Å². The first kappa shape index (κ1) is 125. The number of phenolic OH excluding ortho intramolecular Hbond substituents is 9. The summed E-state index contributed by atoms with van der Waals surface area (Å²) in [6.07, 6.45) is 37.4. The first-order chi connectivity index (χ1) is 69.9. The summed E-state index contributed by atoms with van der Waals surface area (Å²) < 4.78 is 25.3. The van der Waals surface area contributed by atoms with Gasteiger partial charge in [-0.3, -0.25) is 0 Å². The number of hydrogen-bond acceptors (Lipinski definition) is 14. The second-order valence-electron chi connectivity index (χ2n) is 42.4. The van der Waals surface area contributed by atoms with Gasteiger partial charge in [-0.2, -0.15) is 7.85 Å². The zero-order valence-electron chi connectivity index (χ0n) is 96.7. The molecule has 16 nitrogen and oxygen atoms in total. The van der Waals surface area contributed by atoms with Crippen molar-refractivity contribution in [1.82, 2.24) is 0 Å². The van der Waals surface area contributed by atoms with Gasteiger partial charge in [0.2, 0.25) is 0 Å². The van der Waals surface area contributed by atoms with Crippen LogP contribution < -0.4 is 4.74 Å². The molecule has 0 saturated heterocycles. The molecule has 13 N–H and O–H groups in total. The van der Waals surface area contributed by atoms with Crippen molar-refractivity contribution >= 4 is 34.3 Å². The van der Waals surface area contributed by atoms with E-state index in [-0.39, 0.29) is 158 Å². The van der Waals surface area contributed by atoms with E-state index in [1.807, 2.05) is 113 Å². The van der Waals surface area contributed by atoms with Crippen LogP contribution in [0.3, 0.4) is 0 Å². The molecule has 12 rings (SSSR count). The maximum absolute atomic E-state index is 11.8. The minimum Gasteiger partial charge on any atom is -0.507 e. The zero-order chi connectivity index (χ0) is 113. The first-order valence-corrected chi connectivity index (χ1v) is 53.1. The van der Waals surface area contributed by atoms with Crippen LogP contribution in [0.15, 0.2) is 203 Å². The molecule has 801 valence electrons. The van der Waals surface area contributed by atoms with Crippen molar-refractivity contribution in [3.63, 3.8) is 0 Å². The third-order valence-corrected chi connectivity index (χ3v) is 29.5. The Morgan fingerprint density at radius 2 is 0.612 bits per heavy atom. The second kappa shape index (κ2) is 64.1. The second-order valence-corrected chi connectivity index (χ2v) is 42.4. The summed E-state index contributed by atoms with van der Waals surface area (Å²) in [5.41, 5.74) is 22.4. The minimum absolute atomic E-state index is 0. The van der Waals surface area contributed by atoms with Crippen molar-refractivity contribution in [1.29, 1.82) is 0 Å². The number of carbonyl (C=O) groups is 2. The van der Waals surface area contributed by atoms with Crippen LogP contribution in [0.4, 0.5) is 0 Å². The van der Waals surface area contributed by atoms with Gasteiger partial charge in [-0.05, 0) is 348 Å². The predicted molar refractivity (Wildman–Crippen MR) is 615 cm³/mol. The Morgan fingerprint density at radius 3 is 0.864 bits per heavy atom. The number of aryl methyl sites for hydroxylation is 6. The molecule has 0 aromatic heterocycles. The summed E-state index contributed by atoms with van der Waals surface area (Å²) in [6.45, 7) is 72.2. The van der Waals surface area contributed by atoms with Crippen LogP contribution in [0, 0.1) is 49.2 Å². The van der Waals surface area contributed by atoms with E-state index in [9.17, 15) is 76.0 Å². The summed E-state index contributed by atoms with van der Waals surface area (Å²) in [6, 6.07) is 17.7. The molecule has 20 heteroatoms. The molecular weight excluding hydrogens is 1860 g/mol. The fraction of sp³-hybridized carbons (Fsp3) is 0.504. The maximum Gasteiger partial charge on any atom is 0.339 e. The molecule has 147 heavy (non-hydrogen) atoms. The van der Waals surface area contributed by atoms with Gasteiger partial charge in [0.05, 0.1) is 15.0 Å². The van der Waals surface area contributed by atoms with Gasteiger partial charge in [0.25, 0.3) is 0 Å². The number of allylic oxidation sites excluding steroid dienone is 18. The predicted octanol–water partition coefficient (Wildman–Crippen LogP) is 33.7. The summed E-state index contributed by atoms with van der Waals surface area (Å²) in [5, 5.41) is 135. The molecule has 6 aliphatic rings. The fourth-order valence-corrected chi connectivity index (χ4v) is 21.0. The summed E-state index contributed by atoms with van der Waals surface area (Å²) in [7, 11) is 10.9. The Bertz CT molecular complexity index is 5660. The molecule has 0 fully saturated rings. The molecule has 5 radical (unpaired) electrons. The topological polar surface area (TPSA) is 306 Å². The number of phenols is 11. The van der Waals surface area contributed by atoms with E-state index in [0.29, 0.717) is 70.2 Å². The monoisotopic (exact) mass is 2050 g/mol. The van der Waals surface area contributed by atoms with Gasteiger partial charge in [0.15, 0.2) is 0 Å². The van der Waals surface area contributed by atoms with Crippen molar-refractivity contribution in [2.75, 3.05) is 7.11 Å². The quantitative estimate of drug-likeness (QED) is 0.00863. The fourth-order valence-electron chi connectivity index (χ4n) is 21.0. The van der Waals surface area contributed by atoms with Crippen LogP contribution >= 0.6 is 0 Å². The van der Waals surface area contributed by atoms with Gasteiger partial charge in [-0.15, -0.1) is 0 Å². The number of aromatic carboxylic acids is 2. The molecule has 6 aromatic rings. The smallest absolute Gasteiger partial charge is 0.339 e. The molecule has 6 aliphatic carbocycles. The average Bonchev–Trinajstić information content (AvgIpc) is 0.764. The number of carboxylic acid groups (broad SMARTS) is 2. The van der Waals surface area contributed by atoms with Gasteiger partial charge < -0.3 is 77.9 Å². The SMILES string of the molecule is C=C(C)[C@@H]1CCC(C)=C[C@H]1c1c(O)cc(C)cc1O.C=C(C)[C@@H]1CCC(C)=C[C@H]1c1c(O)cc(CCC)c(C(=O)O)c1O.C=C(C)[C@@H]1CCC(C)=C[C@H]1c1c(O)cc(CCC)cc1O.C=C(C)[C@@H]1CCC(C)=C[C@H]1c1c(O)cc(CCCC)c(C(=O)O)c1O.C=C(C)[C@@H]1CCC(C)=C[C@H]1c1c(O)cc(CCCC)cc1O.C=C(C)[C@@H]1CCC(C)=C[C@H]1c1c(O)cc(CCCCC)cc1OC.[2H]C(C)(C)B(C)C.[2H]C([B])C.[2H][CH-][B].[V]. The van der Waals surface area contributed by atoms with Crippen LogP contribution in [0.5, 0.6) is 69.0 Å². The Hall–Kier alpha value is -10.5. The third-order valence-electron chi connectivity index (χ3n) is 29.5. The number of carboxylic acids is 2. The number of ether oxygens (including phenoxy) is 1. The molecule has 6 aromatic carbocycles. The zero-order valence-corrected chi connectivity index (χ0v) is 95.1. The maximum atomic E-state index is 11.8. The molecule has 0 spiro atoms. The van der Waals surface area contributed by atoms with Gasteiger partial charge >= 0.3 is 11.9 Å². The van der Waals surface area contributed by atoms with Crippen LogP contribution in [-0.4, -0.2) is 108 Å². The molecule has 13 atom stereocenters. The number of hydrogen-bond donors (Lipinski definition) is 13. The van der Waals surface area contributed by atoms with Crippen LogP contribution in [0.2, 0.25) is 25.7 Å². The van der Waals surface area contributed by atoms with Crippen molar-refractivity contribution in [2.45, 2.75) is 374 Å². The molecule has 0 bridgehead atoms. The average molecular weight is 2050 g/mol. The molecule has 0 aliphatic heterocycles. The number of aromatic hydroxyl groups is 11. The number of rotatable bonds is 30. The van der Waals surface area contributed by atoms with E-state index in [1.165, 1.54) is 64.0 Å². The van der Waals surface area contributed by atoms with Gasteiger partial charge in [0, 0.05) is 90.2 Å². The summed E-state index contributed by atoms with van der Waals surface area (Å²) in [4.78, 5) is 23.4. The Kier molecular flexibility index (Phi) is 54.6. The van der Waals surface area contributed by atoms with Crippen molar-refractivity contribution in [3.8, 4) is 69.0 Å². The van der Waals surface area contributed by atoms with Crippen molar-refractivity contribution in [3.05, 3.63) is 288 Å². The van der Waals surface area contributed by atoms with E-state index in [4.69, 9.17) is 16.7 Å². The van der Waals surface area contributed by atoms with Crippen molar-refractivity contribution < 1.29 is 103 Å². The van der Waals surface area contributed by atoms with E-state index in [1.54, 1.807) is 38.3 Å². The van der Waals surface area contributed by atoms with Crippen LogP contribution in [0.1, 0.15) is 400 Å². The minimum atomic E-state index is -1.17. The molecule has 0 heterocycles. The summed E-state index contributed by atoms with van der Waals surface area (Å²) >= 11 is 0. The largest absolute Gasteiger partial charge is 0.507 e. The number of benzene rings is 6. The molecular formula is C127H182B3O16V-. The van der Waals surface area contributed by atoms with E-state index < -0.39 is 18.2 Å². The Labute approximate surface area is 905 Å². The number of unbranched alkanes of at least 4 members (excludes halogenated alkanes) is 4. The first-order valence-electron chi connectivity index (χ1n) is 54.7. The van der Waals surface area contributed by atoms with E-state index in [0.717, 1.165) is 209 Å². The normalized spacial score (nSPS) is 20.6. The third kappa shape index (κ3) is 37.9. The van der Waals surface area contributed by atoms with Gasteiger partial charge in [0.1, 0.15) is 86.8 Å². The Balaban J connectivity index is 0.000000450. The van der Waals surface area contributed by atoms with Gasteiger partial charge in [-0.25, -0.2) is 11.0 Å².